The van der Waals surface area contributed by atoms with Crippen LogP contribution in [0.25, 0.3) is 10.9 Å². The Bertz CT molecular complexity index is 636. The lowest BCUT2D eigenvalue weighted by atomic mass is 10.2. The van der Waals surface area contributed by atoms with E-state index in [2.05, 4.69) is 10.4 Å². The van der Waals surface area contributed by atoms with Crippen LogP contribution in [0, 0.1) is 0 Å². The van der Waals surface area contributed by atoms with Crippen LogP contribution in [0.3, 0.4) is 0 Å². The highest BCUT2D eigenvalue weighted by molar-refractivity contribution is 5.78. The summed E-state index contributed by atoms with van der Waals surface area (Å²) in [7, 11) is 0. The second-order valence-corrected chi connectivity index (χ2v) is 4.07. The van der Waals surface area contributed by atoms with E-state index in [1.165, 1.54) is 6.20 Å². The van der Waals surface area contributed by atoms with Crippen molar-refractivity contribution < 1.29 is 9.90 Å². The summed E-state index contributed by atoms with van der Waals surface area (Å²) >= 11 is 0. The van der Waals surface area contributed by atoms with E-state index in [1.54, 1.807) is 22.9 Å². The van der Waals surface area contributed by atoms with Crippen LogP contribution >= 0.6 is 0 Å². The number of amides is 1. The number of aromatic nitrogens is 2. The summed E-state index contributed by atoms with van der Waals surface area (Å²) in [6.45, 7) is 0.556. The molecule has 0 aliphatic rings. The maximum absolute atomic E-state index is 11.6. The molecular weight excluding hydrogens is 246 g/mol. The number of carbonyl (C=O) groups is 1. The normalized spacial score (nSPS) is 10.6. The average Bonchev–Trinajstić information content (AvgIpc) is 2.45. The number of aliphatic hydroxyl groups excluding tert-OH is 1. The van der Waals surface area contributed by atoms with E-state index in [0.717, 1.165) is 0 Å². The van der Waals surface area contributed by atoms with Gasteiger partial charge in [0.15, 0.2) is 0 Å². The molecule has 0 saturated carbocycles. The van der Waals surface area contributed by atoms with Gasteiger partial charge in [0, 0.05) is 18.4 Å². The number of nitrogens with zero attached hydrogens (tertiary/aromatic N) is 2. The summed E-state index contributed by atoms with van der Waals surface area (Å²) in [4.78, 5) is 23.1. The molecule has 2 aromatic rings. The van der Waals surface area contributed by atoms with Gasteiger partial charge in [-0.15, -0.1) is 0 Å². The number of hydrogen-bond donors (Lipinski definition) is 2. The molecule has 1 aromatic heterocycles. The minimum Gasteiger partial charge on any atom is -0.395 e. The molecule has 2 rings (SSSR count). The quantitative estimate of drug-likeness (QED) is 0.787. The third-order valence-electron chi connectivity index (χ3n) is 2.75. The Hall–Kier alpha value is -2.21. The molecule has 2 N–H and O–H groups in total. The fourth-order valence-corrected chi connectivity index (χ4v) is 1.83. The number of nitrogens with one attached hydrogen (secondary N) is 1. The van der Waals surface area contributed by atoms with Gasteiger partial charge in [-0.25, -0.2) is 0 Å². The molecule has 6 nitrogen and oxygen atoms in total. The van der Waals surface area contributed by atoms with Crippen molar-refractivity contribution in [2.75, 3.05) is 13.2 Å². The summed E-state index contributed by atoms with van der Waals surface area (Å²) in [5.41, 5.74) is 0.585. The Morgan fingerprint density at radius 3 is 2.95 bits per heavy atom. The molecule has 1 amide bonds. The highest BCUT2D eigenvalue weighted by atomic mass is 16.3. The van der Waals surface area contributed by atoms with Crippen LogP contribution in [-0.2, 0) is 11.3 Å². The molecule has 1 heterocycles. The smallest absolute Gasteiger partial charge is 0.221 e. The Kier molecular flexibility index (Phi) is 4.25. The van der Waals surface area contributed by atoms with Gasteiger partial charge in [-0.2, -0.15) is 5.10 Å². The highest BCUT2D eigenvalue weighted by Crippen LogP contribution is 2.08. The number of aryl methyl sites for hydroxylation is 1. The lowest BCUT2D eigenvalue weighted by molar-refractivity contribution is -0.121. The number of fused-ring (bicyclic) bond motifs is 1. The first-order valence-electron chi connectivity index (χ1n) is 6.05. The largest absolute Gasteiger partial charge is 0.395 e. The molecule has 0 unspecified atom stereocenters. The second-order valence-electron chi connectivity index (χ2n) is 4.07. The number of para-hydroxylation sites is 1. The zero-order chi connectivity index (χ0) is 13.7. The van der Waals surface area contributed by atoms with Gasteiger partial charge in [0.1, 0.15) is 0 Å². The van der Waals surface area contributed by atoms with Gasteiger partial charge in [-0.3, -0.25) is 14.3 Å². The first-order chi connectivity index (χ1) is 9.22. The van der Waals surface area contributed by atoms with Gasteiger partial charge in [-0.1, -0.05) is 12.1 Å². The van der Waals surface area contributed by atoms with Crippen LogP contribution < -0.4 is 10.7 Å². The second kappa shape index (κ2) is 6.10. The number of hydrogen-bond acceptors (Lipinski definition) is 4. The van der Waals surface area contributed by atoms with Crippen molar-refractivity contribution in [1.29, 1.82) is 0 Å². The molecule has 6 heteroatoms. The van der Waals surface area contributed by atoms with Crippen molar-refractivity contribution >= 4 is 16.8 Å². The predicted octanol–water partition coefficient (Wildman–Crippen LogP) is -0.105. The van der Waals surface area contributed by atoms with Gasteiger partial charge in [0.05, 0.1) is 24.9 Å². The topological polar surface area (TPSA) is 84.2 Å². The average molecular weight is 261 g/mol. The molecule has 100 valence electrons. The van der Waals surface area contributed by atoms with Gasteiger partial charge in [0.2, 0.25) is 11.3 Å². The van der Waals surface area contributed by atoms with Crippen LogP contribution in [0.2, 0.25) is 0 Å². The van der Waals surface area contributed by atoms with Crippen LogP contribution in [0.1, 0.15) is 6.42 Å². The Morgan fingerprint density at radius 2 is 2.16 bits per heavy atom. The molecular formula is C13H15N3O3. The first-order valence-corrected chi connectivity index (χ1v) is 6.05. The van der Waals surface area contributed by atoms with Crippen molar-refractivity contribution in [3.8, 4) is 0 Å². The van der Waals surface area contributed by atoms with E-state index in [-0.39, 0.29) is 30.9 Å². The van der Waals surface area contributed by atoms with Gasteiger partial charge in [0.25, 0.3) is 0 Å². The van der Waals surface area contributed by atoms with E-state index >= 15 is 0 Å². The summed E-state index contributed by atoms with van der Waals surface area (Å²) in [6, 6.07) is 7.16. The summed E-state index contributed by atoms with van der Waals surface area (Å²) < 4.78 is 1.63. The number of aliphatic hydroxyl groups is 1. The standard InChI is InChI=1S/C13H15N3O3/c17-8-6-14-13(19)5-7-16-11-4-2-1-3-10(11)12(18)9-15-16/h1-4,9,17H,5-8H2,(H,14,19). The van der Waals surface area contributed by atoms with Crippen LogP contribution in [0.4, 0.5) is 0 Å². The molecule has 0 aliphatic heterocycles. The fraction of sp³-hybridized carbons (Fsp3) is 0.308. The highest BCUT2D eigenvalue weighted by Gasteiger charge is 2.05. The maximum Gasteiger partial charge on any atom is 0.221 e. The summed E-state index contributed by atoms with van der Waals surface area (Å²) in [5, 5.41) is 15.8. The minimum absolute atomic E-state index is 0.0784. The molecule has 19 heavy (non-hydrogen) atoms. The molecule has 0 bridgehead atoms. The molecule has 0 fully saturated rings. The molecule has 1 aromatic carbocycles. The van der Waals surface area contributed by atoms with E-state index in [1.807, 2.05) is 6.07 Å². The molecule has 0 radical (unpaired) electrons. The summed E-state index contributed by atoms with van der Waals surface area (Å²) in [5.74, 6) is -0.154. The first kappa shape index (κ1) is 13.2. The van der Waals surface area contributed by atoms with Crippen LogP contribution in [-0.4, -0.2) is 33.9 Å². The SMILES string of the molecule is O=C(CCn1ncc(=O)c2ccccc21)NCCO. The number of benzene rings is 1. The van der Waals surface area contributed by atoms with Crippen molar-refractivity contribution in [2.24, 2.45) is 0 Å². The molecule has 0 aliphatic carbocycles. The van der Waals surface area contributed by atoms with Gasteiger partial charge < -0.3 is 10.4 Å². The van der Waals surface area contributed by atoms with Crippen molar-refractivity contribution in [3.63, 3.8) is 0 Å². The Labute approximate surface area is 109 Å². The lowest BCUT2D eigenvalue weighted by Crippen LogP contribution is -2.27. The number of carbonyl (C=O) groups excluding carboxylic acids is 1. The summed E-state index contributed by atoms with van der Waals surface area (Å²) in [6.07, 6.45) is 1.51. The Morgan fingerprint density at radius 1 is 1.37 bits per heavy atom. The molecule has 0 spiro atoms. The zero-order valence-corrected chi connectivity index (χ0v) is 10.4. The van der Waals surface area contributed by atoms with Crippen molar-refractivity contribution in [3.05, 3.63) is 40.7 Å². The zero-order valence-electron chi connectivity index (χ0n) is 10.4. The maximum atomic E-state index is 11.6. The lowest BCUT2D eigenvalue weighted by Gasteiger charge is -2.09. The third-order valence-corrected chi connectivity index (χ3v) is 2.75. The third kappa shape index (κ3) is 3.17. The molecule has 0 saturated heterocycles. The van der Waals surface area contributed by atoms with Crippen LogP contribution in [0.15, 0.2) is 35.3 Å². The van der Waals surface area contributed by atoms with Gasteiger partial charge >= 0.3 is 0 Å². The van der Waals surface area contributed by atoms with E-state index in [9.17, 15) is 9.59 Å². The fourth-order valence-electron chi connectivity index (χ4n) is 1.83. The van der Waals surface area contributed by atoms with E-state index in [0.29, 0.717) is 17.4 Å². The van der Waals surface area contributed by atoms with E-state index < -0.39 is 0 Å². The van der Waals surface area contributed by atoms with Crippen LogP contribution in [0.5, 0.6) is 0 Å². The molecule has 0 atom stereocenters. The van der Waals surface area contributed by atoms with E-state index in [4.69, 9.17) is 5.11 Å². The van der Waals surface area contributed by atoms with Gasteiger partial charge in [-0.05, 0) is 12.1 Å². The predicted molar refractivity (Wildman–Crippen MR) is 70.7 cm³/mol. The Balaban J connectivity index is 2.15. The van der Waals surface area contributed by atoms with Crippen molar-refractivity contribution in [1.82, 2.24) is 15.1 Å². The van der Waals surface area contributed by atoms with Crippen molar-refractivity contribution in [2.45, 2.75) is 13.0 Å². The number of rotatable bonds is 5. The monoisotopic (exact) mass is 261 g/mol. The minimum atomic E-state index is -0.154.